The van der Waals surface area contributed by atoms with Crippen LogP contribution < -0.4 is 5.32 Å². The van der Waals surface area contributed by atoms with Gasteiger partial charge in [0.2, 0.25) is 0 Å². The molecule has 2 amide bonds. The van der Waals surface area contributed by atoms with Crippen molar-refractivity contribution in [1.82, 2.24) is 19.8 Å². The molecule has 3 N–H and O–H groups in total. The molecule has 0 radical (unpaired) electrons. The third-order valence-electron chi connectivity index (χ3n) is 5.62. The summed E-state index contributed by atoms with van der Waals surface area (Å²) in [4.78, 5) is 24.6. The lowest BCUT2D eigenvalue weighted by molar-refractivity contribution is 0.0949. The third kappa shape index (κ3) is 5.22. The molecular weight excluding hydrogens is 397 g/mol. The van der Waals surface area contributed by atoms with Crippen LogP contribution in [-0.2, 0) is 0 Å². The molecule has 0 saturated carbocycles. The molecule has 2 aromatic rings. The monoisotopic (exact) mass is 425 g/mol. The van der Waals surface area contributed by atoms with E-state index in [2.05, 4.69) is 22.2 Å². The zero-order valence-corrected chi connectivity index (χ0v) is 18.0. The smallest absolute Gasteiger partial charge is 0.322 e. The number of nitrogens with one attached hydrogen (secondary N) is 3. The van der Waals surface area contributed by atoms with Crippen LogP contribution in [0.1, 0.15) is 32.3 Å². The Labute approximate surface area is 181 Å². The minimum absolute atomic E-state index is 0.0254. The number of aromatic nitrogens is 2. The fourth-order valence-electron chi connectivity index (χ4n) is 4.22. The first-order chi connectivity index (χ1) is 14.8. The maximum Gasteiger partial charge on any atom is 0.322 e. The van der Waals surface area contributed by atoms with Crippen molar-refractivity contribution in [2.75, 3.05) is 11.9 Å². The highest BCUT2D eigenvalue weighted by atomic mass is 19.1. The molecule has 0 spiro atoms. The predicted molar refractivity (Wildman–Crippen MR) is 119 cm³/mol. The normalized spacial score (nSPS) is 20.8. The van der Waals surface area contributed by atoms with Crippen molar-refractivity contribution in [2.24, 2.45) is 5.92 Å². The first kappa shape index (κ1) is 22.3. The predicted octanol–water partition coefficient (Wildman–Crippen LogP) is 4.13. The van der Waals surface area contributed by atoms with Crippen molar-refractivity contribution >= 4 is 24.4 Å². The van der Waals surface area contributed by atoms with Crippen molar-refractivity contribution < 1.29 is 9.18 Å². The summed E-state index contributed by atoms with van der Waals surface area (Å²) in [7, 11) is 0. The second-order valence-electron chi connectivity index (χ2n) is 8.13. The Bertz CT molecular complexity index is 941. The molecule has 3 rings (SSSR count). The van der Waals surface area contributed by atoms with Crippen LogP contribution >= 0.6 is 0 Å². The van der Waals surface area contributed by atoms with Gasteiger partial charge in [-0.05, 0) is 50.3 Å². The van der Waals surface area contributed by atoms with Gasteiger partial charge in [0.25, 0.3) is 0 Å². The van der Waals surface area contributed by atoms with Gasteiger partial charge in [-0.25, -0.2) is 19.2 Å². The number of carbonyl (C=O) groups is 1. The number of anilines is 1. The minimum Gasteiger partial charge on any atom is -0.322 e. The second-order valence-corrected chi connectivity index (χ2v) is 8.13. The lowest BCUT2D eigenvalue weighted by Gasteiger charge is -2.44. The average Bonchev–Trinajstić information content (AvgIpc) is 2.73. The van der Waals surface area contributed by atoms with Gasteiger partial charge in [-0.2, -0.15) is 0 Å². The van der Waals surface area contributed by atoms with Gasteiger partial charge in [0, 0.05) is 23.8 Å². The Kier molecular flexibility index (Phi) is 6.94. The Morgan fingerprint density at radius 2 is 1.94 bits per heavy atom. The lowest BCUT2D eigenvalue weighted by Crippen LogP contribution is -2.55. The van der Waals surface area contributed by atoms with Crippen molar-refractivity contribution in [1.29, 1.82) is 10.8 Å². The van der Waals surface area contributed by atoms with Crippen LogP contribution in [0.15, 0.2) is 30.6 Å². The standard InChI is InChI=1S/C22H28FN7O/c1-14-6-16(3)30(19(7-14)11-29(12-24)13-25)22(31)28-18-5-4-15(2)20(8-18)21-26-9-17(23)10-27-21/h4-5,8-10,12-14,16,19,24-25H,6-7,11H2,1-3H3,(H,28,31)/t14-,16-,19?/m1/s1. The lowest BCUT2D eigenvalue weighted by atomic mass is 9.88. The fourth-order valence-corrected chi connectivity index (χ4v) is 4.22. The molecule has 3 atom stereocenters. The summed E-state index contributed by atoms with van der Waals surface area (Å²) < 4.78 is 13.2. The molecule has 9 heteroatoms. The van der Waals surface area contributed by atoms with Crippen molar-refractivity contribution in [3.63, 3.8) is 0 Å². The van der Waals surface area contributed by atoms with Gasteiger partial charge in [0.05, 0.1) is 31.1 Å². The second kappa shape index (κ2) is 9.63. The van der Waals surface area contributed by atoms with Gasteiger partial charge in [-0.1, -0.05) is 13.0 Å². The minimum atomic E-state index is -0.505. The highest BCUT2D eigenvalue weighted by Gasteiger charge is 2.35. The van der Waals surface area contributed by atoms with E-state index in [0.717, 1.165) is 43.5 Å². The van der Waals surface area contributed by atoms with Gasteiger partial charge in [-0.3, -0.25) is 10.8 Å². The van der Waals surface area contributed by atoms with E-state index >= 15 is 0 Å². The van der Waals surface area contributed by atoms with E-state index in [1.165, 1.54) is 4.90 Å². The number of nitrogens with zero attached hydrogens (tertiary/aromatic N) is 4. The molecule has 1 aromatic carbocycles. The quantitative estimate of drug-likeness (QED) is 0.477. The fraction of sp³-hybridized carbons (Fsp3) is 0.409. The molecule has 31 heavy (non-hydrogen) atoms. The molecule has 1 unspecified atom stereocenters. The highest BCUT2D eigenvalue weighted by Crippen LogP contribution is 2.29. The molecular formula is C22H28FN7O. The number of rotatable bonds is 6. The number of likely N-dealkylation sites (tertiary alicyclic amines) is 1. The molecule has 1 fully saturated rings. The Balaban J connectivity index is 1.83. The van der Waals surface area contributed by atoms with E-state index in [-0.39, 0.29) is 18.1 Å². The molecule has 1 saturated heterocycles. The number of hydrogen-bond donors (Lipinski definition) is 3. The zero-order valence-electron chi connectivity index (χ0n) is 18.0. The highest BCUT2D eigenvalue weighted by molar-refractivity contribution is 5.91. The number of aryl methyl sites for hydroxylation is 1. The summed E-state index contributed by atoms with van der Waals surface area (Å²) in [5.74, 6) is 0.332. The molecule has 1 aliphatic heterocycles. The van der Waals surface area contributed by atoms with Crippen LogP contribution in [0.5, 0.6) is 0 Å². The molecule has 1 aliphatic rings. The first-order valence-corrected chi connectivity index (χ1v) is 10.3. The van der Waals surface area contributed by atoms with Crippen LogP contribution in [0.3, 0.4) is 0 Å². The largest absolute Gasteiger partial charge is 0.322 e. The van der Waals surface area contributed by atoms with Crippen LogP contribution in [0, 0.1) is 29.5 Å². The third-order valence-corrected chi connectivity index (χ3v) is 5.62. The van der Waals surface area contributed by atoms with Crippen molar-refractivity contribution in [3.05, 3.63) is 42.0 Å². The van der Waals surface area contributed by atoms with E-state index in [1.807, 2.05) is 30.9 Å². The van der Waals surface area contributed by atoms with Crippen molar-refractivity contribution in [3.8, 4) is 11.4 Å². The maximum absolute atomic E-state index is 13.2. The van der Waals surface area contributed by atoms with Gasteiger partial charge in [-0.15, -0.1) is 0 Å². The molecule has 164 valence electrons. The molecule has 8 nitrogen and oxygen atoms in total. The zero-order chi connectivity index (χ0) is 22.5. The number of carbonyl (C=O) groups excluding carboxylic acids is 1. The number of amides is 2. The summed E-state index contributed by atoms with van der Waals surface area (Å²) in [6.45, 7) is 6.49. The van der Waals surface area contributed by atoms with E-state index in [0.29, 0.717) is 29.5 Å². The maximum atomic E-state index is 13.2. The Hall–Kier alpha value is -3.36. The van der Waals surface area contributed by atoms with Crippen LogP contribution in [0.25, 0.3) is 11.4 Å². The van der Waals surface area contributed by atoms with Crippen LogP contribution in [0.2, 0.25) is 0 Å². The SMILES string of the molecule is Cc1ccc(NC(=O)N2C(CN(C=N)C=N)C[C@H](C)C[C@H]2C)cc1-c1ncc(F)cn1. The summed E-state index contributed by atoms with van der Waals surface area (Å²) in [5.41, 5.74) is 2.22. The topological polar surface area (TPSA) is 109 Å². The van der Waals surface area contributed by atoms with Gasteiger partial charge >= 0.3 is 6.03 Å². The molecule has 2 heterocycles. The van der Waals surface area contributed by atoms with E-state index in [9.17, 15) is 9.18 Å². The Morgan fingerprint density at radius 3 is 2.58 bits per heavy atom. The summed E-state index contributed by atoms with van der Waals surface area (Å²) in [6.07, 6.45) is 6.13. The molecule has 0 bridgehead atoms. The van der Waals surface area contributed by atoms with E-state index in [1.54, 1.807) is 6.07 Å². The van der Waals surface area contributed by atoms with Gasteiger partial charge in [0.1, 0.15) is 0 Å². The number of hydrogen-bond acceptors (Lipinski definition) is 5. The van der Waals surface area contributed by atoms with E-state index in [4.69, 9.17) is 10.8 Å². The summed E-state index contributed by atoms with van der Waals surface area (Å²) in [6, 6.07) is 5.14. The average molecular weight is 426 g/mol. The van der Waals surface area contributed by atoms with E-state index < -0.39 is 5.82 Å². The molecule has 0 aliphatic carbocycles. The molecule has 1 aromatic heterocycles. The number of urea groups is 1. The summed E-state index contributed by atoms with van der Waals surface area (Å²) >= 11 is 0. The van der Waals surface area contributed by atoms with Crippen LogP contribution in [-0.4, -0.2) is 57.1 Å². The number of piperidine rings is 1. The summed E-state index contributed by atoms with van der Waals surface area (Å²) in [5, 5.41) is 17.9. The van der Waals surface area contributed by atoms with Crippen LogP contribution in [0.4, 0.5) is 14.9 Å². The van der Waals surface area contributed by atoms with Crippen molar-refractivity contribution in [2.45, 2.75) is 45.7 Å². The Morgan fingerprint density at radius 1 is 1.26 bits per heavy atom. The number of halogens is 1. The first-order valence-electron chi connectivity index (χ1n) is 10.3. The number of benzene rings is 1. The van der Waals surface area contributed by atoms with Gasteiger partial charge < -0.3 is 15.1 Å². The van der Waals surface area contributed by atoms with Gasteiger partial charge in [0.15, 0.2) is 11.6 Å².